The van der Waals surface area contributed by atoms with Crippen molar-refractivity contribution in [3.8, 4) is 22.8 Å². The normalized spacial score (nSPS) is 10.3. The fourth-order valence-electron chi connectivity index (χ4n) is 1.58. The summed E-state index contributed by atoms with van der Waals surface area (Å²) in [4.78, 5) is 0. The molecular weight excluding hydrogens is 218 g/mol. The van der Waals surface area contributed by atoms with Gasteiger partial charge in [-0.1, -0.05) is 5.21 Å². The van der Waals surface area contributed by atoms with Crippen molar-refractivity contribution in [2.45, 2.75) is 13.5 Å². The molecule has 0 aliphatic rings. The van der Waals surface area contributed by atoms with Crippen LogP contribution in [0.2, 0.25) is 0 Å². The average molecular weight is 233 g/mol. The van der Waals surface area contributed by atoms with Crippen LogP contribution in [0.25, 0.3) is 11.3 Å². The van der Waals surface area contributed by atoms with Gasteiger partial charge in [-0.2, -0.15) is 0 Å². The Morgan fingerprint density at radius 2 is 1.94 bits per heavy atom. The van der Waals surface area contributed by atoms with E-state index in [0.29, 0.717) is 11.5 Å². The van der Waals surface area contributed by atoms with Crippen LogP contribution >= 0.6 is 0 Å². The molecule has 90 valence electrons. The Kier molecular flexibility index (Phi) is 3.27. The number of ether oxygens (including phenoxy) is 2. The van der Waals surface area contributed by atoms with Crippen LogP contribution in [0.15, 0.2) is 24.4 Å². The van der Waals surface area contributed by atoms with Crippen molar-refractivity contribution < 1.29 is 9.47 Å². The van der Waals surface area contributed by atoms with Crippen molar-refractivity contribution in [3.05, 3.63) is 24.4 Å². The zero-order valence-electron chi connectivity index (χ0n) is 10.2. The van der Waals surface area contributed by atoms with Gasteiger partial charge in [0, 0.05) is 12.1 Å². The monoisotopic (exact) mass is 233 g/mol. The van der Waals surface area contributed by atoms with Gasteiger partial charge in [0.05, 0.1) is 20.4 Å². The van der Waals surface area contributed by atoms with Crippen molar-refractivity contribution in [2.24, 2.45) is 0 Å². The minimum atomic E-state index is 0.691. The van der Waals surface area contributed by atoms with E-state index in [-0.39, 0.29) is 0 Å². The lowest BCUT2D eigenvalue weighted by molar-refractivity contribution is 0.355. The van der Waals surface area contributed by atoms with Gasteiger partial charge in [0.2, 0.25) is 0 Å². The first-order valence-corrected chi connectivity index (χ1v) is 5.41. The van der Waals surface area contributed by atoms with E-state index in [1.54, 1.807) is 18.9 Å². The van der Waals surface area contributed by atoms with E-state index in [4.69, 9.17) is 9.47 Å². The van der Waals surface area contributed by atoms with Gasteiger partial charge in [-0.15, -0.1) is 5.10 Å². The summed E-state index contributed by atoms with van der Waals surface area (Å²) >= 11 is 0. The molecule has 0 bridgehead atoms. The summed E-state index contributed by atoms with van der Waals surface area (Å²) in [5, 5.41) is 8.11. The van der Waals surface area contributed by atoms with Crippen LogP contribution in [0, 0.1) is 0 Å². The third-order valence-electron chi connectivity index (χ3n) is 2.54. The lowest BCUT2D eigenvalue weighted by Crippen LogP contribution is -1.93. The largest absolute Gasteiger partial charge is 0.493 e. The molecule has 1 heterocycles. The van der Waals surface area contributed by atoms with Crippen molar-refractivity contribution in [1.29, 1.82) is 0 Å². The molecule has 0 aliphatic carbocycles. The number of hydrogen-bond donors (Lipinski definition) is 0. The van der Waals surface area contributed by atoms with Gasteiger partial charge < -0.3 is 9.47 Å². The zero-order valence-corrected chi connectivity index (χ0v) is 10.2. The molecule has 5 nitrogen and oxygen atoms in total. The highest BCUT2D eigenvalue weighted by Crippen LogP contribution is 2.31. The Labute approximate surface area is 100.0 Å². The van der Waals surface area contributed by atoms with E-state index in [9.17, 15) is 0 Å². The van der Waals surface area contributed by atoms with E-state index < -0.39 is 0 Å². The average Bonchev–Trinajstić information content (AvgIpc) is 2.86. The van der Waals surface area contributed by atoms with Crippen molar-refractivity contribution in [1.82, 2.24) is 15.0 Å². The number of rotatable bonds is 4. The summed E-state index contributed by atoms with van der Waals surface area (Å²) in [5.41, 5.74) is 1.79. The van der Waals surface area contributed by atoms with E-state index in [1.807, 2.05) is 31.3 Å². The van der Waals surface area contributed by atoms with Crippen LogP contribution < -0.4 is 9.47 Å². The van der Waals surface area contributed by atoms with E-state index in [0.717, 1.165) is 17.8 Å². The summed E-state index contributed by atoms with van der Waals surface area (Å²) in [7, 11) is 3.23. The lowest BCUT2D eigenvalue weighted by Gasteiger charge is -2.07. The maximum atomic E-state index is 5.25. The maximum Gasteiger partial charge on any atom is 0.161 e. The molecular formula is C12H15N3O2. The molecule has 0 saturated carbocycles. The lowest BCUT2D eigenvalue weighted by atomic mass is 10.1. The minimum Gasteiger partial charge on any atom is -0.493 e. The van der Waals surface area contributed by atoms with Crippen LogP contribution in [-0.2, 0) is 6.54 Å². The zero-order chi connectivity index (χ0) is 12.3. The molecule has 5 heteroatoms. The molecule has 0 spiro atoms. The van der Waals surface area contributed by atoms with Crippen LogP contribution in [0.1, 0.15) is 6.92 Å². The Bertz CT molecular complexity index is 508. The Balaban J connectivity index is 2.38. The molecule has 0 saturated heterocycles. The van der Waals surface area contributed by atoms with Crippen LogP contribution in [-0.4, -0.2) is 29.2 Å². The predicted octanol–water partition coefficient (Wildman–Crippen LogP) is 1.98. The van der Waals surface area contributed by atoms with E-state index in [2.05, 4.69) is 10.3 Å². The first-order chi connectivity index (χ1) is 8.28. The third kappa shape index (κ3) is 2.22. The fourth-order valence-corrected chi connectivity index (χ4v) is 1.58. The molecule has 0 fully saturated rings. The van der Waals surface area contributed by atoms with Gasteiger partial charge in [-0.05, 0) is 25.1 Å². The quantitative estimate of drug-likeness (QED) is 0.810. The molecule has 1 aromatic carbocycles. The van der Waals surface area contributed by atoms with Crippen molar-refractivity contribution >= 4 is 0 Å². The van der Waals surface area contributed by atoms with Crippen molar-refractivity contribution in [3.63, 3.8) is 0 Å². The molecule has 0 unspecified atom stereocenters. The summed E-state index contributed by atoms with van der Waals surface area (Å²) in [6.07, 6.45) is 1.90. The van der Waals surface area contributed by atoms with E-state index >= 15 is 0 Å². The number of nitrogens with zero attached hydrogens (tertiary/aromatic N) is 3. The highest BCUT2D eigenvalue weighted by Gasteiger charge is 2.08. The smallest absolute Gasteiger partial charge is 0.161 e. The first kappa shape index (κ1) is 11.4. The molecule has 0 radical (unpaired) electrons. The Morgan fingerprint density at radius 3 is 2.53 bits per heavy atom. The second-order valence-corrected chi connectivity index (χ2v) is 3.53. The number of aromatic nitrogens is 3. The highest BCUT2D eigenvalue weighted by molar-refractivity contribution is 5.63. The van der Waals surface area contributed by atoms with Crippen molar-refractivity contribution in [2.75, 3.05) is 14.2 Å². The molecule has 17 heavy (non-hydrogen) atoms. The second-order valence-electron chi connectivity index (χ2n) is 3.53. The number of methoxy groups -OCH3 is 2. The van der Waals surface area contributed by atoms with Crippen LogP contribution in [0.5, 0.6) is 11.5 Å². The van der Waals surface area contributed by atoms with Gasteiger partial charge >= 0.3 is 0 Å². The SMILES string of the molecule is CCn1cc(-c2ccc(OC)c(OC)c2)nn1. The Morgan fingerprint density at radius 1 is 1.18 bits per heavy atom. The molecule has 2 rings (SSSR count). The molecule has 0 aliphatic heterocycles. The minimum absolute atomic E-state index is 0.691. The first-order valence-electron chi connectivity index (χ1n) is 5.41. The number of benzene rings is 1. The maximum absolute atomic E-state index is 5.25. The number of aryl methyl sites for hydroxylation is 1. The summed E-state index contributed by atoms with van der Waals surface area (Å²) in [6, 6.07) is 5.69. The summed E-state index contributed by atoms with van der Waals surface area (Å²) < 4.78 is 12.2. The molecule has 2 aromatic rings. The van der Waals surface area contributed by atoms with E-state index in [1.165, 1.54) is 0 Å². The molecule has 1 aromatic heterocycles. The van der Waals surface area contributed by atoms with Gasteiger partial charge in [0.1, 0.15) is 5.69 Å². The van der Waals surface area contributed by atoms with Gasteiger partial charge in [-0.25, -0.2) is 0 Å². The van der Waals surface area contributed by atoms with Crippen LogP contribution in [0.3, 0.4) is 0 Å². The standard InChI is InChI=1S/C12H15N3O2/c1-4-15-8-10(13-14-15)9-5-6-11(16-2)12(7-9)17-3/h5-8H,4H2,1-3H3. The Hall–Kier alpha value is -2.04. The fraction of sp³-hybridized carbons (Fsp3) is 0.333. The molecule has 0 N–H and O–H groups in total. The third-order valence-corrected chi connectivity index (χ3v) is 2.54. The van der Waals surface area contributed by atoms with Crippen LogP contribution in [0.4, 0.5) is 0 Å². The van der Waals surface area contributed by atoms with Gasteiger partial charge in [0.25, 0.3) is 0 Å². The number of hydrogen-bond acceptors (Lipinski definition) is 4. The highest BCUT2D eigenvalue weighted by atomic mass is 16.5. The van der Waals surface area contributed by atoms with Gasteiger partial charge in [0.15, 0.2) is 11.5 Å². The molecule has 0 atom stereocenters. The predicted molar refractivity (Wildman–Crippen MR) is 64.2 cm³/mol. The second kappa shape index (κ2) is 4.86. The van der Waals surface area contributed by atoms with Gasteiger partial charge in [-0.3, -0.25) is 4.68 Å². The topological polar surface area (TPSA) is 49.2 Å². The molecule has 0 amide bonds. The summed E-state index contributed by atoms with van der Waals surface area (Å²) in [6.45, 7) is 2.83. The summed E-state index contributed by atoms with van der Waals surface area (Å²) in [5.74, 6) is 1.40.